The summed E-state index contributed by atoms with van der Waals surface area (Å²) >= 11 is 0. The maximum absolute atomic E-state index is 12.5. The van der Waals surface area contributed by atoms with Crippen molar-refractivity contribution in [3.63, 3.8) is 0 Å². The van der Waals surface area contributed by atoms with E-state index in [1.807, 2.05) is 23.1 Å². The minimum Gasteiger partial charge on any atom is -0.354 e. The standard InChI is InChI=1S/C26H37N5O2/c1-4-29-13-15-30(16-14-29)24-17-19(2)22-18-21(8-9-23(22)28-24)27-25(32)10-11-26(33)31-12-6-5-7-20(31)3/h8-9,17-18,20H,4-7,10-16H2,1-3H3,(H,27,32)/t20-/m0/s1. The maximum Gasteiger partial charge on any atom is 0.224 e. The maximum atomic E-state index is 12.5. The third-order valence-corrected chi connectivity index (χ3v) is 7.12. The number of amides is 2. The molecule has 1 atom stereocenters. The number of aryl methyl sites for hydroxylation is 1. The van der Waals surface area contributed by atoms with Crippen LogP contribution in [0.15, 0.2) is 24.3 Å². The average Bonchev–Trinajstić information content (AvgIpc) is 2.83. The Kier molecular flexibility index (Phi) is 7.48. The fourth-order valence-corrected chi connectivity index (χ4v) is 4.97. The first-order valence-electron chi connectivity index (χ1n) is 12.4. The van der Waals surface area contributed by atoms with Crippen LogP contribution in [0.25, 0.3) is 10.9 Å². The highest BCUT2D eigenvalue weighted by atomic mass is 16.2. The van der Waals surface area contributed by atoms with Crippen molar-refractivity contribution in [2.24, 2.45) is 0 Å². The highest BCUT2D eigenvalue weighted by Gasteiger charge is 2.23. The molecular formula is C26H37N5O2. The number of pyridine rings is 1. The van der Waals surface area contributed by atoms with Gasteiger partial charge in [0.05, 0.1) is 5.52 Å². The lowest BCUT2D eigenvalue weighted by Gasteiger charge is -2.35. The molecule has 2 fully saturated rings. The predicted octanol–water partition coefficient (Wildman–Crippen LogP) is 3.80. The van der Waals surface area contributed by atoms with Gasteiger partial charge in [0.1, 0.15) is 5.82 Å². The van der Waals surface area contributed by atoms with Gasteiger partial charge >= 0.3 is 0 Å². The fraction of sp³-hybridized carbons (Fsp3) is 0.577. The summed E-state index contributed by atoms with van der Waals surface area (Å²) in [4.78, 5) is 36.7. The van der Waals surface area contributed by atoms with Gasteiger partial charge in [-0.15, -0.1) is 0 Å². The smallest absolute Gasteiger partial charge is 0.224 e. The number of aromatic nitrogens is 1. The highest BCUT2D eigenvalue weighted by molar-refractivity contribution is 5.96. The lowest BCUT2D eigenvalue weighted by Crippen LogP contribution is -2.46. The lowest BCUT2D eigenvalue weighted by atomic mass is 10.0. The Balaban J connectivity index is 1.37. The molecule has 7 heteroatoms. The molecule has 0 radical (unpaired) electrons. The van der Waals surface area contributed by atoms with Crippen molar-refractivity contribution in [2.45, 2.75) is 58.9 Å². The fourth-order valence-electron chi connectivity index (χ4n) is 4.97. The van der Waals surface area contributed by atoms with E-state index in [4.69, 9.17) is 4.98 Å². The van der Waals surface area contributed by atoms with Crippen LogP contribution < -0.4 is 10.2 Å². The second-order valence-corrected chi connectivity index (χ2v) is 9.43. The van der Waals surface area contributed by atoms with Gasteiger partial charge in [0.2, 0.25) is 11.8 Å². The molecule has 0 bridgehead atoms. The quantitative estimate of drug-likeness (QED) is 0.723. The first kappa shape index (κ1) is 23.5. The summed E-state index contributed by atoms with van der Waals surface area (Å²) in [5.74, 6) is 0.990. The van der Waals surface area contributed by atoms with Gasteiger partial charge in [-0.1, -0.05) is 6.92 Å². The summed E-state index contributed by atoms with van der Waals surface area (Å²) in [7, 11) is 0. The molecule has 0 spiro atoms. The molecule has 0 aliphatic carbocycles. The number of nitrogens with one attached hydrogen (secondary N) is 1. The van der Waals surface area contributed by atoms with Crippen LogP contribution >= 0.6 is 0 Å². The van der Waals surface area contributed by atoms with E-state index in [0.717, 1.165) is 80.1 Å². The van der Waals surface area contributed by atoms with Gasteiger partial charge in [-0.3, -0.25) is 9.59 Å². The van der Waals surface area contributed by atoms with Crippen molar-refractivity contribution in [2.75, 3.05) is 49.5 Å². The molecule has 4 rings (SSSR count). The van der Waals surface area contributed by atoms with E-state index in [1.54, 1.807) is 0 Å². The van der Waals surface area contributed by atoms with Crippen LogP contribution in [0.5, 0.6) is 0 Å². The van der Waals surface area contributed by atoms with Gasteiger partial charge in [-0.05, 0) is 69.5 Å². The van der Waals surface area contributed by atoms with Crippen LogP contribution in [-0.4, -0.2) is 71.9 Å². The van der Waals surface area contributed by atoms with Gasteiger partial charge in [-0.25, -0.2) is 4.98 Å². The topological polar surface area (TPSA) is 68.8 Å². The number of piperazine rings is 1. The number of hydrogen-bond acceptors (Lipinski definition) is 5. The number of piperidine rings is 1. The molecule has 1 N–H and O–H groups in total. The van der Waals surface area contributed by atoms with Crippen molar-refractivity contribution in [3.8, 4) is 0 Å². The summed E-state index contributed by atoms with van der Waals surface area (Å²) in [5, 5.41) is 4.01. The summed E-state index contributed by atoms with van der Waals surface area (Å²) in [6.07, 6.45) is 3.76. The number of benzene rings is 1. The number of anilines is 2. The number of carbonyl (C=O) groups is 2. The number of carbonyl (C=O) groups excluding carboxylic acids is 2. The Bertz CT molecular complexity index is 1000. The third-order valence-electron chi connectivity index (χ3n) is 7.12. The number of likely N-dealkylation sites (tertiary alicyclic amines) is 1. The Hall–Kier alpha value is -2.67. The molecule has 0 unspecified atom stereocenters. The number of likely N-dealkylation sites (N-methyl/N-ethyl adjacent to an activating group) is 1. The largest absolute Gasteiger partial charge is 0.354 e. The van der Waals surface area contributed by atoms with Crippen molar-refractivity contribution < 1.29 is 9.59 Å². The van der Waals surface area contributed by atoms with Gasteiger partial charge in [0, 0.05) is 62.7 Å². The molecule has 1 aromatic carbocycles. The van der Waals surface area contributed by atoms with E-state index in [0.29, 0.717) is 0 Å². The minimum atomic E-state index is -0.122. The van der Waals surface area contributed by atoms with Gasteiger partial charge in [0.25, 0.3) is 0 Å². The second-order valence-electron chi connectivity index (χ2n) is 9.43. The Morgan fingerprint density at radius 3 is 2.58 bits per heavy atom. The molecule has 178 valence electrons. The average molecular weight is 452 g/mol. The normalized spacial score (nSPS) is 19.7. The SMILES string of the molecule is CCN1CCN(c2cc(C)c3cc(NC(=O)CCC(=O)N4CCCC[C@@H]4C)ccc3n2)CC1. The number of nitrogens with zero attached hydrogens (tertiary/aromatic N) is 4. The minimum absolute atomic E-state index is 0.0863. The zero-order chi connectivity index (χ0) is 23.4. The number of fused-ring (bicyclic) bond motifs is 1. The molecule has 2 aliphatic rings. The molecule has 2 saturated heterocycles. The van der Waals surface area contributed by atoms with Crippen LogP contribution in [0.1, 0.15) is 51.5 Å². The molecule has 2 amide bonds. The predicted molar refractivity (Wildman–Crippen MR) is 134 cm³/mol. The van der Waals surface area contributed by atoms with Crippen molar-refractivity contribution >= 4 is 34.2 Å². The van der Waals surface area contributed by atoms with E-state index >= 15 is 0 Å². The van der Waals surface area contributed by atoms with E-state index in [9.17, 15) is 9.59 Å². The molecule has 2 aliphatic heterocycles. The monoisotopic (exact) mass is 451 g/mol. The summed E-state index contributed by atoms with van der Waals surface area (Å²) in [6, 6.07) is 8.30. The molecule has 7 nitrogen and oxygen atoms in total. The molecular weight excluding hydrogens is 414 g/mol. The van der Waals surface area contributed by atoms with Gasteiger partial charge < -0.3 is 20.0 Å². The summed E-state index contributed by atoms with van der Waals surface area (Å²) < 4.78 is 0. The Morgan fingerprint density at radius 2 is 1.85 bits per heavy atom. The first-order chi connectivity index (χ1) is 15.9. The van der Waals surface area contributed by atoms with Crippen LogP contribution in [0.2, 0.25) is 0 Å². The number of rotatable bonds is 6. The van der Waals surface area contributed by atoms with E-state index in [2.05, 4.69) is 42.0 Å². The molecule has 3 heterocycles. The molecule has 1 aromatic heterocycles. The first-order valence-corrected chi connectivity index (χ1v) is 12.4. The third kappa shape index (κ3) is 5.64. The van der Waals surface area contributed by atoms with Crippen molar-refractivity contribution in [3.05, 3.63) is 29.8 Å². The second kappa shape index (κ2) is 10.5. The highest BCUT2D eigenvalue weighted by Crippen LogP contribution is 2.26. The van der Waals surface area contributed by atoms with Crippen LogP contribution in [0.3, 0.4) is 0 Å². The summed E-state index contributed by atoms with van der Waals surface area (Å²) in [5.41, 5.74) is 2.84. The Labute approximate surface area is 197 Å². The van der Waals surface area contributed by atoms with Crippen LogP contribution in [0, 0.1) is 6.92 Å². The van der Waals surface area contributed by atoms with E-state index in [1.165, 1.54) is 6.42 Å². The van der Waals surface area contributed by atoms with E-state index in [-0.39, 0.29) is 30.7 Å². The van der Waals surface area contributed by atoms with Crippen LogP contribution in [0.4, 0.5) is 11.5 Å². The van der Waals surface area contributed by atoms with Crippen LogP contribution in [-0.2, 0) is 9.59 Å². The summed E-state index contributed by atoms with van der Waals surface area (Å²) in [6.45, 7) is 12.4. The molecule has 2 aromatic rings. The zero-order valence-corrected chi connectivity index (χ0v) is 20.3. The van der Waals surface area contributed by atoms with E-state index < -0.39 is 0 Å². The Morgan fingerprint density at radius 1 is 1.06 bits per heavy atom. The van der Waals surface area contributed by atoms with Crippen molar-refractivity contribution in [1.82, 2.24) is 14.8 Å². The van der Waals surface area contributed by atoms with Gasteiger partial charge in [0.15, 0.2) is 0 Å². The number of hydrogen-bond donors (Lipinski definition) is 1. The van der Waals surface area contributed by atoms with Gasteiger partial charge in [-0.2, -0.15) is 0 Å². The zero-order valence-electron chi connectivity index (χ0n) is 20.3. The molecule has 0 saturated carbocycles. The lowest BCUT2D eigenvalue weighted by molar-refractivity contribution is -0.135. The molecule has 33 heavy (non-hydrogen) atoms. The van der Waals surface area contributed by atoms with Crippen molar-refractivity contribution in [1.29, 1.82) is 0 Å².